The van der Waals surface area contributed by atoms with Crippen LogP contribution >= 0.6 is 11.8 Å². The smallest absolute Gasteiger partial charge is 0.339 e. The zero-order chi connectivity index (χ0) is 37.6. The first-order valence-corrected chi connectivity index (χ1v) is 17.4. The van der Waals surface area contributed by atoms with Crippen LogP contribution in [0.15, 0.2) is 23.1 Å². The molecule has 9 heteroatoms. The molecule has 0 saturated carbocycles. The number of hydrogen-bond donors (Lipinski definition) is 2. The summed E-state index contributed by atoms with van der Waals surface area (Å²) in [5, 5.41) is 18.2. The lowest BCUT2D eigenvalue weighted by Crippen LogP contribution is -2.19. The van der Waals surface area contributed by atoms with Crippen LogP contribution < -0.4 is 18.9 Å². The van der Waals surface area contributed by atoms with Gasteiger partial charge in [-0.15, -0.1) is 11.8 Å². The average molecular weight is 697 g/mol. The number of benzene rings is 3. The van der Waals surface area contributed by atoms with Gasteiger partial charge in [0.1, 0.15) is 28.6 Å². The van der Waals surface area contributed by atoms with Gasteiger partial charge in [-0.3, -0.25) is 0 Å². The standard InChI is InChI=1S/C28H42O3S.C12H14O5/c1-18-15-24(29-10)20(3)25(19(18)2)31-13-12-14-32-21-16-22(27(4,5)6)26(30-11)23(17-21)28(7,8)9;1-5-6(2)9(12(15)16)10(17-4)7(3)8(5)11(13)14/h15-17H,12-14H2,1-11H3;1-4H3,(H,13,14)(H,15,16). The Morgan fingerprint density at radius 2 is 1.12 bits per heavy atom. The first-order chi connectivity index (χ1) is 22.6. The summed E-state index contributed by atoms with van der Waals surface area (Å²) in [5.41, 5.74) is 7.35. The molecule has 270 valence electrons. The minimum Gasteiger partial charge on any atom is -0.496 e. The Balaban J connectivity index is 0.000000412. The molecule has 3 aromatic rings. The maximum Gasteiger partial charge on any atom is 0.339 e. The molecule has 0 atom stereocenters. The third-order valence-corrected chi connectivity index (χ3v) is 9.85. The van der Waals surface area contributed by atoms with Gasteiger partial charge in [0.05, 0.1) is 33.5 Å². The number of aromatic carboxylic acids is 2. The van der Waals surface area contributed by atoms with Crippen molar-refractivity contribution >= 4 is 23.7 Å². The summed E-state index contributed by atoms with van der Waals surface area (Å²) in [6.45, 7) is 25.2. The van der Waals surface area contributed by atoms with E-state index in [1.54, 1.807) is 35.0 Å². The van der Waals surface area contributed by atoms with Crippen LogP contribution in [0.4, 0.5) is 0 Å². The summed E-state index contributed by atoms with van der Waals surface area (Å²) in [6.07, 6.45) is 0.974. The van der Waals surface area contributed by atoms with Crippen LogP contribution in [0.25, 0.3) is 0 Å². The molecule has 0 saturated heterocycles. The van der Waals surface area contributed by atoms with E-state index in [-0.39, 0.29) is 27.7 Å². The fraction of sp³-hybridized carbons (Fsp3) is 0.500. The molecule has 0 radical (unpaired) electrons. The number of aryl methyl sites for hydroxylation is 1. The molecule has 0 aliphatic heterocycles. The molecule has 3 aromatic carbocycles. The molecule has 0 aromatic heterocycles. The van der Waals surface area contributed by atoms with E-state index in [1.165, 1.54) is 34.3 Å². The van der Waals surface area contributed by atoms with Crippen molar-refractivity contribution in [2.45, 2.75) is 105 Å². The number of methoxy groups -OCH3 is 3. The molecule has 0 amide bonds. The largest absolute Gasteiger partial charge is 0.496 e. The zero-order valence-corrected chi connectivity index (χ0v) is 32.9. The van der Waals surface area contributed by atoms with Crippen molar-refractivity contribution in [1.29, 1.82) is 0 Å². The summed E-state index contributed by atoms with van der Waals surface area (Å²) in [4.78, 5) is 23.6. The number of carbonyl (C=O) groups is 2. The molecular weight excluding hydrogens is 640 g/mol. The summed E-state index contributed by atoms with van der Waals surface area (Å²) < 4.78 is 22.6. The molecule has 0 aliphatic carbocycles. The predicted molar refractivity (Wildman–Crippen MR) is 200 cm³/mol. The Morgan fingerprint density at radius 1 is 0.633 bits per heavy atom. The van der Waals surface area contributed by atoms with Crippen molar-refractivity contribution in [3.05, 3.63) is 73.8 Å². The van der Waals surface area contributed by atoms with Gasteiger partial charge >= 0.3 is 11.9 Å². The third-order valence-electron chi connectivity index (χ3n) is 8.78. The number of ether oxygens (including phenoxy) is 4. The first-order valence-electron chi connectivity index (χ1n) is 16.4. The van der Waals surface area contributed by atoms with Crippen molar-refractivity contribution in [2.24, 2.45) is 0 Å². The van der Waals surface area contributed by atoms with E-state index in [9.17, 15) is 9.59 Å². The van der Waals surface area contributed by atoms with Crippen LogP contribution in [-0.2, 0) is 10.8 Å². The SMILES string of the molecule is COc1c(C)c(C(=O)O)c(C)c(C)c1C(=O)O.COc1cc(C)c(C)c(OCCCSc2cc(C(C)(C)C)c(OC)c(C(C)(C)C)c2)c1C. The van der Waals surface area contributed by atoms with Gasteiger partial charge in [0.15, 0.2) is 0 Å². The molecule has 2 N–H and O–H groups in total. The van der Waals surface area contributed by atoms with Crippen molar-refractivity contribution < 1.29 is 38.7 Å². The lowest BCUT2D eigenvalue weighted by Gasteiger charge is -2.30. The van der Waals surface area contributed by atoms with E-state index in [0.29, 0.717) is 23.3 Å². The summed E-state index contributed by atoms with van der Waals surface area (Å²) in [7, 11) is 4.83. The van der Waals surface area contributed by atoms with Crippen LogP contribution in [0.3, 0.4) is 0 Å². The van der Waals surface area contributed by atoms with E-state index in [0.717, 1.165) is 35.0 Å². The summed E-state index contributed by atoms with van der Waals surface area (Å²) in [6, 6.07) is 6.69. The van der Waals surface area contributed by atoms with Crippen molar-refractivity contribution in [3.63, 3.8) is 0 Å². The number of carboxylic acids is 2. The number of carboxylic acid groups (broad SMARTS) is 2. The molecule has 0 unspecified atom stereocenters. The Hall–Kier alpha value is -3.85. The lowest BCUT2D eigenvalue weighted by atomic mass is 9.79. The van der Waals surface area contributed by atoms with Gasteiger partial charge < -0.3 is 29.2 Å². The maximum absolute atomic E-state index is 11.2. The van der Waals surface area contributed by atoms with Crippen LogP contribution in [0.5, 0.6) is 23.0 Å². The highest BCUT2D eigenvalue weighted by molar-refractivity contribution is 7.99. The van der Waals surface area contributed by atoms with Crippen LogP contribution in [0.2, 0.25) is 0 Å². The van der Waals surface area contributed by atoms with E-state index in [4.69, 9.17) is 29.2 Å². The third kappa shape index (κ3) is 9.65. The Bertz CT molecular complexity index is 1640. The molecule has 0 bridgehead atoms. The second kappa shape index (κ2) is 16.7. The minimum atomic E-state index is -1.12. The van der Waals surface area contributed by atoms with E-state index < -0.39 is 11.9 Å². The van der Waals surface area contributed by atoms with Gasteiger partial charge in [0.2, 0.25) is 0 Å². The van der Waals surface area contributed by atoms with Crippen molar-refractivity contribution in [1.82, 2.24) is 0 Å². The fourth-order valence-corrected chi connectivity index (χ4v) is 6.72. The van der Waals surface area contributed by atoms with Gasteiger partial charge in [-0.1, -0.05) is 41.5 Å². The highest BCUT2D eigenvalue weighted by Crippen LogP contribution is 2.42. The average Bonchev–Trinajstić information content (AvgIpc) is 3.00. The van der Waals surface area contributed by atoms with Crippen LogP contribution in [-0.4, -0.2) is 55.8 Å². The Kier molecular flexibility index (Phi) is 14.1. The summed E-state index contributed by atoms with van der Waals surface area (Å²) in [5.74, 6) is 1.78. The highest BCUT2D eigenvalue weighted by atomic mass is 32.2. The maximum atomic E-state index is 11.2. The number of thioether (sulfide) groups is 1. The quantitative estimate of drug-likeness (QED) is 0.149. The molecule has 0 heterocycles. The first kappa shape index (κ1) is 41.3. The topological polar surface area (TPSA) is 112 Å². The molecule has 0 aliphatic rings. The Labute approximate surface area is 297 Å². The number of hydrogen-bond acceptors (Lipinski definition) is 7. The molecule has 0 spiro atoms. The Morgan fingerprint density at radius 3 is 1.55 bits per heavy atom. The molecular formula is C40H56O8S. The zero-order valence-electron chi connectivity index (χ0n) is 32.1. The van der Waals surface area contributed by atoms with Gasteiger partial charge in [0, 0.05) is 32.9 Å². The van der Waals surface area contributed by atoms with Crippen molar-refractivity contribution in [3.8, 4) is 23.0 Å². The number of rotatable bonds is 11. The van der Waals surface area contributed by atoms with Gasteiger partial charge in [0.25, 0.3) is 0 Å². The molecule has 49 heavy (non-hydrogen) atoms. The monoisotopic (exact) mass is 696 g/mol. The normalized spacial score (nSPS) is 11.4. The van der Waals surface area contributed by atoms with Crippen molar-refractivity contribution in [2.75, 3.05) is 33.7 Å². The second-order valence-electron chi connectivity index (χ2n) is 14.3. The minimum absolute atomic E-state index is 0.0182. The van der Waals surface area contributed by atoms with E-state index in [2.05, 4.69) is 80.5 Å². The van der Waals surface area contributed by atoms with Gasteiger partial charge in [-0.25, -0.2) is 9.59 Å². The highest BCUT2D eigenvalue weighted by Gasteiger charge is 2.28. The predicted octanol–water partition coefficient (Wildman–Crippen LogP) is 9.80. The fourth-order valence-electron chi connectivity index (χ4n) is 5.82. The van der Waals surface area contributed by atoms with Gasteiger partial charge in [-0.05, 0) is 99.2 Å². The van der Waals surface area contributed by atoms with E-state index in [1.807, 2.05) is 11.8 Å². The van der Waals surface area contributed by atoms with Crippen LogP contribution in [0.1, 0.15) is 113 Å². The molecule has 0 fully saturated rings. The molecule has 8 nitrogen and oxygen atoms in total. The van der Waals surface area contributed by atoms with Gasteiger partial charge in [-0.2, -0.15) is 0 Å². The summed E-state index contributed by atoms with van der Waals surface area (Å²) >= 11 is 1.89. The van der Waals surface area contributed by atoms with Crippen LogP contribution in [0, 0.1) is 41.5 Å². The second-order valence-corrected chi connectivity index (χ2v) is 15.5. The lowest BCUT2D eigenvalue weighted by molar-refractivity contribution is 0.0675. The molecule has 3 rings (SSSR count). The van der Waals surface area contributed by atoms with E-state index >= 15 is 0 Å².